The van der Waals surface area contributed by atoms with Crippen molar-refractivity contribution in [2.24, 2.45) is 0 Å². The van der Waals surface area contributed by atoms with Crippen LogP contribution < -0.4 is 5.32 Å². The van der Waals surface area contributed by atoms with Crippen LogP contribution in [-0.4, -0.2) is 16.7 Å². The molecule has 3 rings (SSSR count). The topological polar surface area (TPSA) is 72.2 Å². The summed E-state index contributed by atoms with van der Waals surface area (Å²) in [6.45, 7) is 4.40. The molecule has 28 heavy (non-hydrogen) atoms. The molecule has 7 heteroatoms. The fraction of sp³-hybridized carbons (Fsp3) is 0.190. The lowest BCUT2D eigenvalue weighted by molar-refractivity contribution is 0.0933. The Bertz CT molecular complexity index is 1040. The normalized spacial score (nSPS) is 11.9. The SMILES string of the molecule is CC(=O)c1cccc(-c2nc(C(=O)NC(C)c3cc(F)c(C)c(F)c3)co2)c1. The first kappa shape index (κ1) is 19.4. The molecule has 0 saturated heterocycles. The molecule has 1 heterocycles. The van der Waals surface area contributed by atoms with Crippen LogP contribution in [0.15, 0.2) is 47.1 Å². The average Bonchev–Trinajstić information content (AvgIpc) is 3.16. The highest BCUT2D eigenvalue weighted by molar-refractivity contribution is 5.95. The van der Waals surface area contributed by atoms with Crippen LogP contribution in [0.1, 0.15) is 51.9 Å². The smallest absolute Gasteiger partial charge is 0.273 e. The largest absolute Gasteiger partial charge is 0.444 e. The minimum Gasteiger partial charge on any atom is -0.444 e. The van der Waals surface area contributed by atoms with E-state index >= 15 is 0 Å². The Labute approximate surface area is 160 Å². The number of rotatable bonds is 5. The summed E-state index contributed by atoms with van der Waals surface area (Å²) in [5.74, 6) is -1.81. The molecule has 0 aliphatic heterocycles. The van der Waals surface area contributed by atoms with E-state index in [1.807, 2.05) is 0 Å². The molecule has 144 valence electrons. The first-order chi connectivity index (χ1) is 13.3. The van der Waals surface area contributed by atoms with Crippen LogP contribution in [0.3, 0.4) is 0 Å². The maximum absolute atomic E-state index is 13.7. The van der Waals surface area contributed by atoms with Crippen molar-refractivity contribution in [1.29, 1.82) is 0 Å². The van der Waals surface area contributed by atoms with Gasteiger partial charge < -0.3 is 9.73 Å². The summed E-state index contributed by atoms with van der Waals surface area (Å²) in [5, 5.41) is 2.63. The summed E-state index contributed by atoms with van der Waals surface area (Å²) in [7, 11) is 0. The molecule has 0 radical (unpaired) electrons. The van der Waals surface area contributed by atoms with Crippen LogP contribution in [0.2, 0.25) is 0 Å². The van der Waals surface area contributed by atoms with Crippen molar-refractivity contribution in [3.8, 4) is 11.5 Å². The van der Waals surface area contributed by atoms with E-state index in [-0.39, 0.29) is 22.9 Å². The second-order valence-corrected chi connectivity index (χ2v) is 6.48. The predicted molar refractivity (Wildman–Crippen MR) is 98.9 cm³/mol. The predicted octanol–water partition coefficient (Wildman–Crippen LogP) is 4.62. The van der Waals surface area contributed by atoms with Crippen LogP contribution >= 0.6 is 0 Å². The van der Waals surface area contributed by atoms with E-state index < -0.39 is 23.6 Å². The summed E-state index contributed by atoms with van der Waals surface area (Å²) in [6.07, 6.45) is 1.19. The second kappa shape index (κ2) is 7.72. The third-order valence-electron chi connectivity index (χ3n) is 4.40. The number of hydrogen-bond acceptors (Lipinski definition) is 4. The molecule has 1 atom stereocenters. The van der Waals surface area contributed by atoms with Gasteiger partial charge in [-0.2, -0.15) is 0 Å². The number of carbonyl (C=O) groups excluding carboxylic acids is 2. The molecular formula is C21H18F2N2O3. The van der Waals surface area contributed by atoms with Gasteiger partial charge in [0.15, 0.2) is 11.5 Å². The molecule has 0 bridgehead atoms. The third-order valence-corrected chi connectivity index (χ3v) is 4.40. The number of aromatic nitrogens is 1. The van der Waals surface area contributed by atoms with Crippen molar-refractivity contribution in [1.82, 2.24) is 10.3 Å². The number of hydrogen-bond donors (Lipinski definition) is 1. The summed E-state index contributed by atoms with van der Waals surface area (Å²) in [5.41, 5.74) is 1.30. The van der Waals surface area contributed by atoms with Crippen LogP contribution in [0.4, 0.5) is 8.78 Å². The van der Waals surface area contributed by atoms with Crippen molar-refractivity contribution in [3.05, 3.63) is 76.7 Å². The zero-order valence-electron chi connectivity index (χ0n) is 15.5. The average molecular weight is 384 g/mol. The van der Waals surface area contributed by atoms with Crippen LogP contribution in [-0.2, 0) is 0 Å². The molecular weight excluding hydrogens is 366 g/mol. The van der Waals surface area contributed by atoms with Gasteiger partial charge >= 0.3 is 0 Å². The number of nitrogens with zero attached hydrogens (tertiary/aromatic N) is 1. The maximum Gasteiger partial charge on any atom is 0.273 e. The van der Waals surface area contributed by atoms with Gasteiger partial charge in [0, 0.05) is 16.7 Å². The van der Waals surface area contributed by atoms with E-state index in [2.05, 4.69) is 10.3 Å². The number of nitrogens with one attached hydrogen (secondary N) is 1. The maximum atomic E-state index is 13.7. The number of halogens is 2. The zero-order chi connectivity index (χ0) is 20.4. The standard InChI is InChI=1S/C21H18F2N2O3/c1-11-17(22)8-16(9-18(11)23)12(2)24-20(27)19-10-28-21(25-19)15-6-4-5-14(7-15)13(3)26/h4-10,12H,1-3H3,(H,24,27). The first-order valence-electron chi connectivity index (χ1n) is 8.59. The first-order valence-corrected chi connectivity index (χ1v) is 8.59. The summed E-state index contributed by atoms with van der Waals surface area (Å²) < 4.78 is 32.8. The van der Waals surface area contributed by atoms with Crippen molar-refractivity contribution in [2.45, 2.75) is 26.8 Å². The van der Waals surface area contributed by atoms with Gasteiger partial charge in [-0.1, -0.05) is 12.1 Å². The number of carbonyl (C=O) groups is 2. The molecule has 0 aliphatic rings. The van der Waals surface area contributed by atoms with Crippen molar-refractivity contribution >= 4 is 11.7 Å². The lowest BCUT2D eigenvalue weighted by atomic mass is 10.1. The molecule has 1 unspecified atom stereocenters. The molecule has 0 aliphatic carbocycles. The molecule has 0 saturated carbocycles. The molecule has 5 nitrogen and oxygen atoms in total. The van der Waals surface area contributed by atoms with Gasteiger partial charge in [-0.25, -0.2) is 13.8 Å². The Balaban J connectivity index is 1.77. The van der Waals surface area contributed by atoms with E-state index in [9.17, 15) is 18.4 Å². The Morgan fingerprint density at radius 1 is 1.14 bits per heavy atom. The zero-order valence-corrected chi connectivity index (χ0v) is 15.5. The van der Waals surface area contributed by atoms with Gasteiger partial charge in [-0.15, -0.1) is 0 Å². The summed E-state index contributed by atoms with van der Waals surface area (Å²) in [4.78, 5) is 28.0. The Morgan fingerprint density at radius 3 is 2.46 bits per heavy atom. The van der Waals surface area contributed by atoms with E-state index in [4.69, 9.17) is 4.42 Å². The quantitative estimate of drug-likeness (QED) is 0.652. The van der Waals surface area contributed by atoms with Gasteiger partial charge in [0.05, 0.1) is 6.04 Å². The molecule has 1 amide bonds. The molecule has 2 aromatic carbocycles. The highest BCUT2D eigenvalue weighted by Gasteiger charge is 2.18. The van der Waals surface area contributed by atoms with Gasteiger partial charge in [0.1, 0.15) is 17.9 Å². The van der Waals surface area contributed by atoms with Crippen LogP contribution in [0, 0.1) is 18.6 Å². The van der Waals surface area contributed by atoms with Crippen molar-refractivity contribution < 1.29 is 22.8 Å². The molecule has 3 aromatic rings. The minimum absolute atomic E-state index is 0.0168. The highest BCUT2D eigenvalue weighted by Crippen LogP contribution is 2.22. The lowest BCUT2D eigenvalue weighted by Gasteiger charge is -2.14. The third kappa shape index (κ3) is 3.98. The highest BCUT2D eigenvalue weighted by atomic mass is 19.1. The van der Waals surface area contributed by atoms with Crippen LogP contribution in [0.5, 0.6) is 0 Å². The monoisotopic (exact) mass is 384 g/mol. The van der Waals surface area contributed by atoms with E-state index in [0.717, 1.165) is 0 Å². The number of Topliss-reactive ketones (excluding diaryl/α,β-unsaturated/α-hetero) is 1. The summed E-state index contributed by atoms with van der Waals surface area (Å²) >= 11 is 0. The fourth-order valence-electron chi connectivity index (χ4n) is 2.65. The van der Waals surface area contributed by atoms with Gasteiger partial charge in [0.25, 0.3) is 5.91 Å². The Hall–Kier alpha value is -3.35. The number of amides is 1. The molecule has 0 spiro atoms. The van der Waals surface area contributed by atoms with Crippen molar-refractivity contribution in [2.75, 3.05) is 0 Å². The number of ketones is 1. The Kier molecular flexibility index (Phi) is 5.35. The van der Waals surface area contributed by atoms with Crippen LogP contribution in [0.25, 0.3) is 11.5 Å². The lowest BCUT2D eigenvalue weighted by Crippen LogP contribution is -2.27. The molecule has 1 N–H and O–H groups in total. The number of benzene rings is 2. The van der Waals surface area contributed by atoms with Crippen molar-refractivity contribution in [3.63, 3.8) is 0 Å². The number of oxazole rings is 1. The second-order valence-electron chi connectivity index (χ2n) is 6.48. The van der Waals surface area contributed by atoms with Gasteiger partial charge in [-0.05, 0) is 50.6 Å². The van der Waals surface area contributed by atoms with E-state index in [1.165, 1.54) is 32.2 Å². The fourth-order valence-corrected chi connectivity index (χ4v) is 2.65. The molecule has 0 fully saturated rings. The van der Waals surface area contributed by atoms with E-state index in [0.29, 0.717) is 16.7 Å². The van der Waals surface area contributed by atoms with E-state index in [1.54, 1.807) is 31.2 Å². The minimum atomic E-state index is -0.676. The van der Waals surface area contributed by atoms with Gasteiger partial charge in [0.2, 0.25) is 5.89 Å². The molecule has 1 aromatic heterocycles. The summed E-state index contributed by atoms with van der Waals surface area (Å²) in [6, 6.07) is 8.42. The Morgan fingerprint density at radius 2 is 1.82 bits per heavy atom. The van der Waals surface area contributed by atoms with Gasteiger partial charge in [-0.3, -0.25) is 9.59 Å².